The molecule has 0 aliphatic rings. The van der Waals surface area contributed by atoms with Crippen LogP contribution in [0.5, 0.6) is 0 Å². The number of nitrogens with one attached hydrogen (secondary N) is 1. The van der Waals surface area contributed by atoms with Gasteiger partial charge in [-0.15, -0.1) is 0 Å². The molecular formula is C13H20BrNO2S. The molecule has 0 aromatic heterocycles. The molecule has 102 valence electrons. The third-order valence-electron chi connectivity index (χ3n) is 2.80. The highest BCUT2D eigenvalue weighted by molar-refractivity contribution is 9.09. The maximum atomic E-state index is 11.9. The van der Waals surface area contributed by atoms with Crippen LogP contribution in [-0.4, -0.2) is 25.5 Å². The molecule has 5 heteroatoms. The van der Waals surface area contributed by atoms with Crippen molar-refractivity contribution in [3.05, 3.63) is 35.9 Å². The number of hydrogen-bond acceptors (Lipinski definition) is 2. The predicted octanol–water partition coefficient (Wildman–Crippen LogP) is 2.71. The zero-order valence-electron chi connectivity index (χ0n) is 10.6. The van der Waals surface area contributed by atoms with Crippen molar-refractivity contribution >= 4 is 26.0 Å². The monoisotopic (exact) mass is 333 g/mol. The van der Waals surface area contributed by atoms with Crippen LogP contribution in [0.15, 0.2) is 30.3 Å². The molecule has 3 nitrogen and oxygen atoms in total. The van der Waals surface area contributed by atoms with Crippen LogP contribution in [0, 0.1) is 0 Å². The Morgan fingerprint density at radius 1 is 1.28 bits per heavy atom. The number of sulfonamides is 1. The van der Waals surface area contributed by atoms with Crippen LogP contribution in [0.4, 0.5) is 0 Å². The lowest BCUT2D eigenvalue weighted by atomic mass is 10.2. The van der Waals surface area contributed by atoms with Crippen LogP contribution in [0.1, 0.15) is 25.3 Å². The minimum Gasteiger partial charge on any atom is -0.212 e. The first-order valence-corrected chi connectivity index (χ1v) is 8.94. The molecule has 1 N–H and O–H groups in total. The second-order valence-corrected chi connectivity index (χ2v) is 6.92. The first-order valence-electron chi connectivity index (χ1n) is 6.17. The number of benzene rings is 1. The van der Waals surface area contributed by atoms with E-state index in [9.17, 15) is 8.42 Å². The molecule has 1 aromatic carbocycles. The third-order valence-corrected chi connectivity index (χ3v) is 4.69. The van der Waals surface area contributed by atoms with Crippen LogP contribution in [0.2, 0.25) is 0 Å². The average Bonchev–Trinajstić information content (AvgIpc) is 2.37. The van der Waals surface area contributed by atoms with E-state index in [4.69, 9.17) is 0 Å². The molecule has 1 aromatic rings. The van der Waals surface area contributed by atoms with E-state index in [1.165, 1.54) is 0 Å². The molecule has 0 saturated heterocycles. The van der Waals surface area contributed by atoms with Gasteiger partial charge in [0, 0.05) is 11.4 Å². The topological polar surface area (TPSA) is 46.2 Å². The Hall–Kier alpha value is -0.390. The van der Waals surface area contributed by atoms with Gasteiger partial charge in [-0.05, 0) is 24.8 Å². The zero-order valence-corrected chi connectivity index (χ0v) is 13.0. The Kier molecular flexibility index (Phi) is 6.89. The summed E-state index contributed by atoms with van der Waals surface area (Å²) in [6, 6.07) is 9.71. The number of hydrogen-bond donors (Lipinski definition) is 1. The van der Waals surface area contributed by atoms with Gasteiger partial charge < -0.3 is 0 Å². The van der Waals surface area contributed by atoms with E-state index in [-0.39, 0.29) is 11.8 Å². The SMILES string of the molecule is CCC(CCBr)NS(=O)(=O)CCc1ccccc1. The van der Waals surface area contributed by atoms with Crippen molar-refractivity contribution in [2.45, 2.75) is 32.2 Å². The van der Waals surface area contributed by atoms with E-state index in [0.29, 0.717) is 6.42 Å². The lowest BCUT2D eigenvalue weighted by Crippen LogP contribution is -2.36. The molecule has 0 spiro atoms. The zero-order chi connectivity index (χ0) is 13.4. The van der Waals surface area contributed by atoms with E-state index >= 15 is 0 Å². The number of halogens is 1. The number of alkyl halides is 1. The van der Waals surface area contributed by atoms with E-state index in [2.05, 4.69) is 20.7 Å². The van der Waals surface area contributed by atoms with Crippen molar-refractivity contribution in [3.8, 4) is 0 Å². The van der Waals surface area contributed by atoms with Gasteiger partial charge in [0.1, 0.15) is 0 Å². The average molecular weight is 334 g/mol. The quantitative estimate of drug-likeness (QED) is 0.743. The Bertz CT molecular complexity index is 434. The van der Waals surface area contributed by atoms with E-state index in [1.54, 1.807) is 0 Å². The smallest absolute Gasteiger partial charge is 0.212 e. The second kappa shape index (κ2) is 7.92. The second-order valence-electron chi connectivity index (χ2n) is 4.26. The third kappa shape index (κ3) is 5.98. The van der Waals surface area contributed by atoms with Gasteiger partial charge in [-0.1, -0.05) is 53.2 Å². The van der Waals surface area contributed by atoms with Crippen molar-refractivity contribution in [3.63, 3.8) is 0 Å². The summed E-state index contributed by atoms with van der Waals surface area (Å²) in [5.41, 5.74) is 1.05. The largest absolute Gasteiger partial charge is 0.212 e. The Balaban J connectivity index is 2.49. The van der Waals surface area contributed by atoms with E-state index in [1.807, 2.05) is 37.3 Å². The van der Waals surface area contributed by atoms with Gasteiger partial charge in [-0.3, -0.25) is 0 Å². The molecule has 0 heterocycles. The summed E-state index contributed by atoms with van der Waals surface area (Å²) in [6.45, 7) is 1.99. The van der Waals surface area contributed by atoms with E-state index in [0.717, 1.165) is 23.7 Å². The van der Waals surface area contributed by atoms with Gasteiger partial charge in [-0.25, -0.2) is 13.1 Å². The standard InChI is InChI=1S/C13H20BrNO2S/c1-2-13(8-10-14)15-18(16,17)11-9-12-6-4-3-5-7-12/h3-7,13,15H,2,8-11H2,1H3. The van der Waals surface area contributed by atoms with Crippen molar-refractivity contribution in [2.24, 2.45) is 0 Å². The fourth-order valence-corrected chi connectivity index (χ4v) is 3.66. The highest BCUT2D eigenvalue weighted by Gasteiger charge is 2.15. The van der Waals surface area contributed by atoms with Gasteiger partial charge >= 0.3 is 0 Å². The van der Waals surface area contributed by atoms with Gasteiger partial charge in [0.05, 0.1) is 5.75 Å². The summed E-state index contributed by atoms with van der Waals surface area (Å²) >= 11 is 3.34. The molecular weight excluding hydrogens is 314 g/mol. The number of aryl methyl sites for hydroxylation is 1. The molecule has 0 radical (unpaired) electrons. The highest BCUT2D eigenvalue weighted by atomic mass is 79.9. The normalized spacial score (nSPS) is 13.4. The number of rotatable bonds is 8. The Morgan fingerprint density at radius 2 is 1.94 bits per heavy atom. The molecule has 0 bridgehead atoms. The van der Waals surface area contributed by atoms with Crippen LogP contribution in [-0.2, 0) is 16.4 Å². The van der Waals surface area contributed by atoms with Crippen LogP contribution < -0.4 is 4.72 Å². The molecule has 0 amide bonds. The van der Waals surface area contributed by atoms with E-state index < -0.39 is 10.0 Å². The molecule has 0 aliphatic heterocycles. The summed E-state index contributed by atoms with van der Waals surface area (Å²) in [5, 5.41) is 0.812. The van der Waals surface area contributed by atoms with Crippen LogP contribution in [0.25, 0.3) is 0 Å². The van der Waals surface area contributed by atoms with Gasteiger partial charge in [0.25, 0.3) is 0 Å². The van der Waals surface area contributed by atoms with Crippen molar-refractivity contribution in [1.29, 1.82) is 0 Å². The fourth-order valence-electron chi connectivity index (χ4n) is 1.69. The molecule has 0 saturated carbocycles. The highest BCUT2D eigenvalue weighted by Crippen LogP contribution is 2.05. The lowest BCUT2D eigenvalue weighted by Gasteiger charge is -2.15. The van der Waals surface area contributed by atoms with Gasteiger partial charge in [0.2, 0.25) is 10.0 Å². The molecule has 0 fully saturated rings. The van der Waals surface area contributed by atoms with Crippen molar-refractivity contribution in [1.82, 2.24) is 4.72 Å². The minimum atomic E-state index is -3.18. The summed E-state index contributed by atoms with van der Waals surface area (Å²) in [6.07, 6.45) is 2.19. The minimum absolute atomic E-state index is 0.0325. The van der Waals surface area contributed by atoms with Crippen molar-refractivity contribution < 1.29 is 8.42 Å². The van der Waals surface area contributed by atoms with Crippen molar-refractivity contribution in [2.75, 3.05) is 11.1 Å². The van der Waals surface area contributed by atoms with Gasteiger partial charge in [0.15, 0.2) is 0 Å². The van der Waals surface area contributed by atoms with Crippen LogP contribution >= 0.6 is 15.9 Å². The first kappa shape index (κ1) is 15.7. The summed E-state index contributed by atoms with van der Waals surface area (Å²) in [4.78, 5) is 0. The molecule has 1 unspecified atom stereocenters. The Labute approximate surface area is 118 Å². The molecule has 0 aliphatic carbocycles. The maximum Gasteiger partial charge on any atom is 0.212 e. The molecule has 18 heavy (non-hydrogen) atoms. The summed E-state index contributed by atoms with van der Waals surface area (Å²) in [5.74, 6) is 0.149. The molecule has 1 rings (SSSR count). The first-order chi connectivity index (χ1) is 8.57. The summed E-state index contributed by atoms with van der Waals surface area (Å²) in [7, 11) is -3.18. The molecule has 1 atom stereocenters. The van der Waals surface area contributed by atoms with Crippen LogP contribution in [0.3, 0.4) is 0 Å². The predicted molar refractivity (Wildman–Crippen MR) is 79.6 cm³/mol. The van der Waals surface area contributed by atoms with Gasteiger partial charge in [-0.2, -0.15) is 0 Å². The summed E-state index contributed by atoms with van der Waals surface area (Å²) < 4.78 is 26.6. The maximum absolute atomic E-state index is 11.9. The lowest BCUT2D eigenvalue weighted by molar-refractivity contribution is 0.532. The fraction of sp³-hybridized carbons (Fsp3) is 0.538. The Morgan fingerprint density at radius 3 is 2.50 bits per heavy atom.